The topological polar surface area (TPSA) is 27.7 Å². The van der Waals surface area contributed by atoms with Gasteiger partial charge in [-0.2, -0.15) is 12.1 Å². The van der Waals surface area contributed by atoms with Crippen LogP contribution in [0.25, 0.3) is 0 Å². The molecule has 1 fully saturated rings. The van der Waals surface area contributed by atoms with E-state index >= 15 is 0 Å². The Morgan fingerprint density at radius 2 is 2.40 bits per heavy atom. The molecule has 0 saturated heterocycles. The summed E-state index contributed by atoms with van der Waals surface area (Å²) >= 11 is 3.48. The van der Waals surface area contributed by atoms with Crippen LogP contribution in [0.2, 0.25) is 0 Å². The molecule has 1 heterocycles. The van der Waals surface area contributed by atoms with Crippen molar-refractivity contribution in [3.63, 3.8) is 0 Å². The Morgan fingerprint density at radius 1 is 1.60 bits per heavy atom. The Bertz CT molecular complexity index is 486. The van der Waals surface area contributed by atoms with E-state index in [1.165, 1.54) is 5.56 Å². The first-order chi connectivity index (χ1) is 9.24. The molecule has 0 aromatic heterocycles. The summed E-state index contributed by atoms with van der Waals surface area (Å²) in [7, 11) is 2.05. The number of benzene rings is 1. The summed E-state index contributed by atoms with van der Waals surface area (Å²) in [5.74, 6) is 1.34. The quantitative estimate of drug-likeness (QED) is 0.356. The van der Waals surface area contributed by atoms with Crippen LogP contribution in [0.1, 0.15) is 17.9 Å². The number of rotatable bonds is 4. The molecular weight excluding hydrogens is 438 g/mol. The van der Waals surface area contributed by atoms with Gasteiger partial charge in [0.25, 0.3) is 0 Å². The minimum absolute atomic E-state index is 0. The van der Waals surface area contributed by atoms with Gasteiger partial charge in [0.05, 0.1) is 20.1 Å². The Balaban J connectivity index is 0.00000110. The first-order valence-corrected chi connectivity index (χ1v) is 7.43. The van der Waals surface area contributed by atoms with Crippen LogP contribution in [0.3, 0.4) is 0 Å². The van der Waals surface area contributed by atoms with Gasteiger partial charge < -0.3 is 30.8 Å². The SMILES string of the molecule is [3H]PO[C@@H]1C[C@@H]2Oc3[c-]cc(Br)cc3[C@@H]2[C@H]1COP.[Br-].[Mg+2]. The molecule has 0 amide bonds. The average molecular weight is 454 g/mol. The van der Waals surface area contributed by atoms with Crippen LogP contribution in [0.4, 0.5) is 0 Å². The van der Waals surface area contributed by atoms with Crippen molar-refractivity contribution < 1.29 is 30.8 Å². The number of ether oxygens (including phenoxy) is 1. The Hall–Kier alpha value is 1.53. The third-order valence-electron chi connectivity index (χ3n) is 3.77. The molecule has 0 N–H and O–H groups in total. The summed E-state index contributed by atoms with van der Waals surface area (Å²) in [5.41, 5.74) is 1.17. The molecule has 1 aliphatic carbocycles. The normalized spacial score (nSPS) is 31.0. The molecule has 3 nitrogen and oxygen atoms in total. The maximum absolute atomic E-state index is 7.28. The van der Waals surface area contributed by atoms with Gasteiger partial charge in [0, 0.05) is 37.0 Å². The molecule has 6 atom stereocenters. The van der Waals surface area contributed by atoms with Crippen molar-refractivity contribution in [3.05, 3.63) is 28.2 Å². The molecule has 0 bridgehead atoms. The number of halogens is 2. The second-order valence-electron chi connectivity index (χ2n) is 4.67. The molecule has 1 aromatic carbocycles. The van der Waals surface area contributed by atoms with Crippen LogP contribution in [-0.4, -0.2) is 43.1 Å². The van der Waals surface area contributed by atoms with E-state index in [4.69, 9.17) is 15.1 Å². The smallest absolute Gasteiger partial charge is 1.00 e. The molecular formula is C12H14Br2MgO3P2. The Kier molecular flexibility index (Phi) is 7.51. The number of fused-ring (bicyclic) bond motifs is 3. The van der Waals surface area contributed by atoms with Gasteiger partial charge in [-0.15, -0.1) is 27.6 Å². The fourth-order valence-electron chi connectivity index (χ4n) is 3.04. The van der Waals surface area contributed by atoms with E-state index in [0.29, 0.717) is 6.61 Å². The van der Waals surface area contributed by atoms with E-state index in [0.717, 1.165) is 16.6 Å². The molecule has 2 aliphatic rings. The minimum atomic E-state index is -0.247. The second-order valence-corrected chi connectivity index (χ2v) is 6.16. The zero-order chi connectivity index (χ0) is 13.4. The number of hydrogen-bond acceptors (Lipinski definition) is 3. The van der Waals surface area contributed by atoms with Crippen molar-refractivity contribution in [2.75, 3.05) is 6.61 Å². The third-order valence-corrected chi connectivity index (χ3v) is 4.72. The summed E-state index contributed by atoms with van der Waals surface area (Å²) in [5, 5.41) is 0. The summed E-state index contributed by atoms with van der Waals surface area (Å²) in [6, 6.07) is 7.13. The summed E-state index contributed by atoms with van der Waals surface area (Å²) in [6.07, 6.45) is 0.973. The van der Waals surface area contributed by atoms with Gasteiger partial charge in [-0.25, -0.2) is 0 Å². The average Bonchev–Trinajstić information content (AvgIpc) is 2.88. The predicted octanol–water partition coefficient (Wildman–Crippen LogP) is -0.281. The van der Waals surface area contributed by atoms with Crippen LogP contribution in [-0.2, 0) is 9.05 Å². The van der Waals surface area contributed by atoms with Crippen LogP contribution < -0.4 is 21.7 Å². The fraction of sp³-hybridized carbons (Fsp3) is 0.500. The van der Waals surface area contributed by atoms with Crippen LogP contribution >= 0.6 is 34.8 Å². The monoisotopic (exact) mass is 452 g/mol. The molecule has 106 valence electrons. The molecule has 1 saturated carbocycles. The molecule has 1 aromatic rings. The zero-order valence-corrected chi connectivity index (χ0v) is 17.4. The molecule has 1 aliphatic heterocycles. The zero-order valence-electron chi connectivity index (χ0n) is 11.6. The van der Waals surface area contributed by atoms with Crippen LogP contribution in [0, 0.1) is 12.0 Å². The second kappa shape index (κ2) is 8.40. The van der Waals surface area contributed by atoms with E-state index in [1.807, 2.05) is 6.07 Å². The van der Waals surface area contributed by atoms with E-state index < -0.39 is 0 Å². The van der Waals surface area contributed by atoms with Gasteiger partial charge in [0.2, 0.25) is 0 Å². The van der Waals surface area contributed by atoms with Gasteiger partial charge >= 0.3 is 23.1 Å². The van der Waals surface area contributed by atoms with Crippen LogP contribution in [0.15, 0.2) is 16.6 Å². The Morgan fingerprint density at radius 3 is 3.10 bits per heavy atom. The number of hydrogen-bond donors (Lipinski definition) is 0. The van der Waals surface area contributed by atoms with Gasteiger partial charge in [0.15, 0.2) is 0 Å². The molecule has 8 heteroatoms. The summed E-state index contributed by atoms with van der Waals surface area (Å²) in [4.78, 5) is 0. The van der Waals surface area contributed by atoms with E-state index in [-0.39, 0.29) is 73.5 Å². The van der Waals surface area contributed by atoms with Gasteiger partial charge in [-0.05, 0) is 5.92 Å². The van der Waals surface area contributed by atoms with E-state index in [9.17, 15) is 0 Å². The molecule has 3 rings (SSSR count). The Labute approximate surface area is 160 Å². The van der Waals surface area contributed by atoms with Gasteiger partial charge in [0.1, 0.15) is 0 Å². The third kappa shape index (κ3) is 3.54. The molecule has 0 spiro atoms. The molecule has 2 unspecified atom stereocenters. The van der Waals surface area contributed by atoms with Crippen molar-refractivity contribution in [3.8, 4) is 5.75 Å². The standard InChI is InChI=1S/C12H14BrO3P2.BrH.Mg/c13-6-1-2-9-7(3-6)12-8(5-14-17)10(16-18)4-11(12)15-9;;/h1,3,8,10-12H,4-5,17-18H2;1H;/q-1;;+2/p-1/t8-,10+,11-,12+;;/m0../s1/i18T;;/t8-,10+,11-,12+,18?;;. The van der Waals surface area contributed by atoms with Crippen molar-refractivity contribution in [1.82, 2.24) is 0 Å². The molecule has 0 radical (unpaired) electrons. The predicted molar refractivity (Wildman–Crippen MR) is 84.2 cm³/mol. The fourth-order valence-corrected chi connectivity index (χ4v) is 3.90. The summed E-state index contributed by atoms with van der Waals surface area (Å²) < 4.78 is 25.1. The van der Waals surface area contributed by atoms with E-state index in [2.05, 4.69) is 37.5 Å². The van der Waals surface area contributed by atoms with Crippen molar-refractivity contribution in [2.24, 2.45) is 5.92 Å². The van der Waals surface area contributed by atoms with Crippen molar-refractivity contribution >= 4 is 57.9 Å². The molecule has 20 heavy (non-hydrogen) atoms. The maximum Gasteiger partial charge on any atom is 2.00 e. The van der Waals surface area contributed by atoms with Crippen molar-refractivity contribution in [1.29, 1.82) is 1.28 Å². The van der Waals surface area contributed by atoms with E-state index in [1.54, 1.807) is 0 Å². The first kappa shape index (κ1) is 17.9. The maximum atomic E-state index is 7.28. The summed E-state index contributed by atoms with van der Waals surface area (Å²) in [6.45, 7) is 0.594. The first-order valence-electron chi connectivity index (χ1n) is 6.26. The van der Waals surface area contributed by atoms with Gasteiger partial charge in [-0.3, -0.25) is 0 Å². The van der Waals surface area contributed by atoms with Crippen LogP contribution in [0.5, 0.6) is 5.75 Å². The van der Waals surface area contributed by atoms with Crippen molar-refractivity contribution in [2.45, 2.75) is 24.5 Å². The largest absolute Gasteiger partial charge is 2.00 e. The van der Waals surface area contributed by atoms with Gasteiger partial charge in [-0.1, -0.05) is 4.47 Å². The minimum Gasteiger partial charge on any atom is -1.00 e.